The van der Waals surface area contributed by atoms with E-state index in [0.717, 1.165) is 38.0 Å². The van der Waals surface area contributed by atoms with Gasteiger partial charge in [0.05, 0.1) is 12.6 Å². The van der Waals surface area contributed by atoms with Crippen LogP contribution in [0.25, 0.3) is 5.57 Å². The second-order valence-corrected chi connectivity index (χ2v) is 7.96. The highest BCUT2D eigenvalue weighted by Crippen LogP contribution is 2.39. The van der Waals surface area contributed by atoms with Gasteiger partial charge in [-0.05, 0) is 69.7 Å². The maximum Gasteiger partial charge on any atom is 0.411 e. The van der Waals surface area contributed by atoms with E-state index >= 15 is 0 Å². The lowest BCUT2D eigenvalue weighted by Crippen LogP contribution is -2.45. The minimum atomic E-state index is -0.453. The van der Waals surface area contributed by atoms with Gasteiger partial charge < -0.3 is 9.47 Å². The number of rotatable bonds is 4. The van der Waals surface area contributed by atoms with Gasteiger partial charge in [0, 0.05) is 6.04 Å². The molecule has 2 bridgehead atoms. The van der Waals surface area contributed by atoms with Crippen LogP contribution in [0.15, 0.2) is 30.3 Å². The molecule has 2 aliphatic rings. The zero-order chi connectivity index (χ0) is 18.0. The molecule has 1 aromatic rings. The summed E-state index contributed by atoms with van der Waals surface area (Å²) in [6.45, 7) is 8.59. The van der Waals surface area contributed by atoms with Crippen molar-refractivity contribution in [2.75, 3.05) is 6.61 Å². The van der Waals surface area contributed by atoms with E-state index in [0.29, 0.717) is 0 Å². The molecular formula is C21H29NO3. The molecule has 0 aromatic heterocycles. The van der Waals surface area contributed by atoms with Gasteiger partial charge in [0.1, 0.15) is 11.4 Å². The van der Waals surface area contributed by atoms with Gasteiger partial charge in [0.15, 0.2) is 0 Å². The molecule has 2 atom stereocenters. The highest BCUT2D eigenvalue weighted by atomic mass is 16.6. The number of fused-ring (bicyclic) bond motifs is 2. The molecule has 2 heterocycles. The van der Waals surface area contributed by atoms with Crippen LogP contribution in [0, 0.1) is 0 Å². The van der Waals surface area contributed by atoms with Crippen LogP contribution in [-0.4, -0.2) is 35.3 Å². The number of carbonyl (C=O) groups is 1. The van der Waals surface area contributed by atoms with Gasteiger partial charge in [-0.15, -0.1) is 0 Å². The first-order valence-electron chi connectivity index (χ1n) is 9.32. The molecule has 0 saturated carbocycles. The van der Waals surface area contributed by atoms with Crippen molar-refractivity contribution in [1.82, 2.24) is 4.90 Å². The summed E-state index contributed by atoms with van der Waals surface area (Å²) in [5.74, 6) is 0.919. The molecule has 4 nitrogen and oxygen atoms in total. The summed E-state index contributed by atoms with van der Waals surface area (Å²) in [4.78, 5) is 14.5. The average molecular weight is 343 g/mol. The maximum absolute atomic E-state index is 12.5. The Morgan fingerprint density at radius 2 is 2.08 bits per heavy atom. The molecule has 3 rings (SSSR count). The number of nitrogens with zero attached hydrogens (tertiary/aromatic N) is 1. The maximum atomic E-state index is 12.5. The standard InChI is InChI=1S/C21H29NO3/c1-5-11-24-19-8-6-7-15(14-19)16-12-17-9-10-18(13-16)22(17)20(23)25-21(2,3)4/h6-8,12,14,17-18H,5,9-11,13H2,1-4H3. The van der Waals surface area contributed by atoms with E-state index in [-0.39, 0.29) is 18.2 Å². The van der Waals surface area contributed by atoms with Crippen molar-refractivity contribution in [3.8, 4) is 5.75 Å². The fraction of sp³-hybridized carbons (Fsp3) is 0.571. The number of carbonyl (C=O) groups excluding carboxylic acids is 1. The quantitative estimate of drug-likeness (QED) is 0.769. The number of amides is 1. The number of ether oxygens (including phenoxy) is 2. The van der Waals surface area contributed by atoms with Crippen LogP contribution in [0.2, 0.25) is 0 Å². The van der Waals surface area contributed by atoms with Crippen molar-refractivity contribution >= 4 is 11.7 Å². The number of hydrogen-bond acceptors (Lipinski definition) is 3. The summed E-state index contributed by atoms with van der Waals surface area (Å²) >= 11 is 0. The van der Waals surface area contributed by atoms with Crippen LogP contribution in [-0.2, 0) is 4.74 Å². The predicted octanol–water partition coefficient (Wildman–Crippen LogP) is 5.03. The van der Waals surface area contributed by atoms with E-state index in [1.807, 2.05) is 37.8 Å². The molecule has 1 fully saturated rings. The van der Waals surface area contributed by atoms with E-state index in [1.165, 1.54) is 11.1 Å². The van der Waals surface area contributed by atoms with Crippen molar-refractivity contribution < 1.29 is 14.3 Å². The Balaban J connectivity index is 1.76. The zero-order valence-electron chi connectivity index (χ0n) is 15.7. The smallest absolute Gasteiger partial charge is 0.411 e. The summed E-state index contributed by atoms with van der Waals surface area (Å²) in [5, 5.41) is 0. The van der Waals surface area contributed by atoms with Crippen LogP contribution in [0.4, 0.5) is 4.79 Å². The van der Waals surface area contributed by atoms with E-state index in [9.17, 15) is 4.79 Å². The molecule has 2 unspecified atom stereocenters. The van der Waals surface area contributed by atoms with Crippen molar-refractivity contribution in [1.29, 1.82) is 0 Å². The van der Waals surface area contributed by atoms with Crippen molar-refractivity contribution in [3.05, 3.63) is 35.9 Å². The molecule has 1 saturated heterocycles. The monoisotopic (exact) mass is 343 g/mol. The van der Waals surface area contributed by atoms with Crippen LogP contribution in [0.5, 0.6) is 5.75 Å². The Kier molecular flexibility index (Phi) is 5.07. The van der Waals surface area contributed by atoms with Crippen molar-refractivity contribution in [2.45, 2.75) is 71.1 Å². The molecule has 0 aliphatic carbocycles. The Labute approximate surface area is 150 Å². The summed E-state index contributed by atoms with van der Waals surface area (Å²) < 4.78 is 11.4. The van der Waals surface area contributed by atoms with Crippen LogP contribution in [0.1, 0.15) is 58.9 Å². The lowest BCUT2D eigenvalue weighted by molar-refractivity contribution is 0.0175. The molecule has 0 N–H and O–H groups in total. The van der Waals surface area contributed by atoms with Gasteiger partial charge >= 0.3 is 6.09 Å². The normalized spacial score (nSPS) is 22.6. The topological polar surface area (TPSA) is 38.8 Å². The Hall–Kier alpha value is -1.97. The second kappa shape index (κ2) is 7.11. The fourth-order valence-corrected chi connectivity index (χ4v) is 3.65. The third-order valence-electron chi connectivity index (χ3n) is 4.68. The lowest BCUT2D eigenvalue weighted by atomic mass is 9.95. The Bertz CT molecular complexity index is 659. The van der Waals surface area contributed by atoms with Gasteiger partial charge in [0.25, 0.3) is 0 Å². The van der Waals surface area contributed by atoms with Crippen LogP contribution < -0.4 is 4.74 Å². The highest BCUT2D eigenvalue weighted by Gasteiger charge is 2.41. The van der Waals surface area contributed by atoms with E-state index in [1.54, 1.807) is 0 Å². The fourth-order valence-electron chi connectivity index (χ4n) is 3.65. The summed E-state index contributed by atoms with van der Waals surface area (Å²) in [6.07, 6.45) is 5.99. The largest absolute Gasteiger partial charge is 0.494 e. The van der Waals surface area contributed by atoms with Gasteiger partial charge in [-0.2, -0.15) is 0 Å². The minimum absolute atomic E-state index is 0.142. The zero-order valence-corrected chi connectivity index (χ0v) is 15.7. The van der Waals surface area contributed by atoms with Gasteiger partial charge in [-0.25, -0.2) is 4.79 Å². The predicted molar refractivity (Wildman–Crippen MR) is 99.7 cm³/mol. The molecule has 1 amide bonds. The summed E-state index contributed by atoms with van der Waals surface area (Å²) in [7, 11) is 0. The van der Waals surface area contributed by atoms with Gasteiger partial charge in [-0.1, -0.05) is 25.1 Å². The van der Waals surface area contributed by atoms with Gasteiger partial charge in [0.2, 0.25) is 0 Å². The molecule has 25 heavy (non-hydrogen) atoms. The highest BCUT2D eigenvalue weighted by molar-refractivity contribution is 5.75. The molecule has 4 heteroatoms. The van der Waals surface area contributed by atoms with Crippen molar-refractivity contribution in [2.24, 2.45) is 0 Å². The summed E-state index contributed by atoms with van der Waals surface area (Å²) in [5.41, 5.74) is 2.06. The van der Waals surface area contributed by atoms with Crippen LogP contribution >= 0.6 is 0 Å². The first-order valence-corrected chi connectivity index (χ1v) is 9.32. The third kappa shape index (κ3) is 4.17. The average Bonchev–Trinajstić information content (AvgIpc) is 2.82. The minimum Gasteiger partial charge on any atom is -0.494 e. The number of hydrogen-bond donors (Lipinski definition) is 0. The molecule has 1 aromatic carbocycles. The molecule has 0 spiro atoms. The first kappa shape index (κ1) is 17.8. The third-order valence-corrected chi connectivity index (χ3v) is 4.68. The van der Waals surface area contributed by atoms with E-state index < -0.39 is 5.60 Å². The van der Waals surface area contributed by atoms with Crippen molar-refractivity contribution in [3.63, 3.8) is 0 Å². The number of benzene rings is 1. The molecule has 136 valence electrons. The van der Waals surface area contributed by atoms with E-state index in [4.69, 9.17) is 9.47 Å². The first-order chi connectivity index (χ1) is 11.9. The summed E-state index contributed by atoms with van der Waals surface area (Å²) in [6, 6.07) is 8.67. The van der Waals surface area contributed by atoms with Gasteiger partial charge in [-0.3, -0.25) is 4.90 Å². The SMILES string of the molecule is CCCOc1cccc(C2=CC3CCC(C2)N3C(=O)OC(C)(C)C)c1. The van der Waals surface area contributed by atoms with E-state index in [2.05, 4.69) is 25.1 Å². The Morgan fingerprint density at radius 1 is 1.28 bits per heavy atom. The molecule has 0 radical (unpaired) electrons. The second-order valence-electron chi connectivity index (χ2n) is 7.96. The molecule has 2 aliphatic heterocycles. The van der Waals surface area contributed by atoms with Crippen LogP contribution in [0.3, 0.4) is 0 Å². The lowest BCUT2D eigenvalue weighted by Gasteiger charge is -2.35. The molecular weight excluding hydrogens is 314 g/mol. The Morgan fingerprint density at radius 3 is 2.76 bits per heavy atom.